The molecule has 144 valence electrons. The van der Waals surface area contributed by atoms with Crippen LogP contribution in [0.1, 0.15) is 24.9 Å². The van der Waals surface area contributed by atoms with Gasteiger partial charge in [0.25, 0.3) is 0 Å². The maximum atomic E-state index is 13.2. The van der Waals surface area contributed by atoms with Gasteiger partial charge in [-0.3, -0.25) is 4.79 Å². The number of likely N-dealkylation sites (tertiary alicyclic amines) is 1. The number of benzene rings is 1. The summed E-state index contributed by atoms with van der Waals surface area (Å²) in [5, 5.41) is 0. The predicted octanol–water partition coefficient (Wildman–Crippen LogP) is 2.86. The third-order valence-electron chi connectivity index (χ3n) is 4.31. The number of ether oxygens (including phenoxy) is 2. The molecule has 1 aromatic carbocycles. The van der Waals surface area contributed by atoms with Crippen molar-refractivity contribution in [1.82, 2.24) is 4.90 Å². The molecule has 5 nitrogen and oxygen atoms in total. The highest BCUT2D eigenvalue weighted by Gasteiger charge is 2.40. The third-order valence-corrected chi connectivity index (χ3v) is 4.31. The molecule has 2 rings (SSSR count). The number of hydrogen-bond acceptors (Lipinski definition) is 4. The first-order valence-electron chi connectivity index (χ1n) is 7.95. The van der Waals surface area contributed by atoms with E-state index in [1.165, 1.54) is 31.4 Å². The molecular weight excluding hydrogens is 358 g/mol. The summed E-state index contributed by atoms with van der Waals surface area (Å²) in [6.45, 7) is 0.0692. The zero-order chi connectivity index (χ0) is 19.5. The molecule has 1 saturated heterocycles. The van der Waals surface area contributed by atoms with E-state index >= 15 is 0 Å². The number of piperidine rings is 1. The van der Waals surface area contributed by atoms with Gasteiger partial charge in [0, 0.05) is 19.6 Å². The summed E-state index contributed by atoms with van der Waals surface area (Å²) in [5.74, 6) is -3.35. The topological polar surface area (TPSA) is 55.8 Å². The zero-order valence-electron chi connectivity index (χ0n) is 14.3. The first-order chi connectivity index (χ1) is 12.1. The number of alkyl halides is 3. The Morgan fingerprint density at radius 2 is 1.85 bits per heavy atom. The van der Waals surface area contributed by atoms with E-state index in [2.05, 4.69) is 4.74 Å². The molecule has 0 radical (unpaired) electrons. The second kappa shape index (κ2) is 8.03. The highest BCUT2D eigenvalue weighted by molar-refractivity contribution is 6.32. The summed E-state index contributed by atoms with van der Waals surface area (Å²) in [4.78, 5) is 25.3. The highest BCUT2D eigenvalue weighted by Crippen LogP contribution is 2.35. The lowest BCUT2D eigenvalue weighted by Crippen LogP contribution is -2.50. The quantitative estimate of drug-likeness (QED) is 0.462. The average Bonchev–Trinajstić information content (AvgIpc) is 2.59. The number of nitrogens with zero attached hydrogens (tertiary/aromatic N) is 1. The summed E-state index contributed by atoms with van der Waals surface area (Å²) < 4.78 is 59.2. The van der Waals surface area contributed by atoms with Gasteiger partial charge in [-0.15, -0.1) is 0 Å². The van der Waals surface area contributed by atoms with Gasteiger partial charge >= 0.3 is 18.1 Å². The fourth-order valence-electron chi connectivity index (χ4n) is 3.01. The standard InChI is InChI=1S/C17H19F4NO4/c1-10-8-22(15(23)16(24)26-9-17(19,20)21)13(7-14(10)25-2)11-3-5-12(18)6-4-11/h3-6,10,13-14H,7-9H2,1-2H3/t10-,13-,14+/m0/s1. The molecular formula is C17H19F4NO4. The molecule has 0 N–H and O–H groups in total. The van der Waals surface area contributed by atoms with Crippen LogP contribution in [0.5, 0.6) is 0 Å². The predicted molar refractivity (Wildman–Crippen MR) is 82.4 cm³/mol. The largest absolute Gasteiger partial charge is 0.449 e. The number of amides is 1. The van der Waals surface area contributed by atoms with E-state index in [1.807, 2.05) is 0 Å². The minimum atomic E-state index is -4.72. The summed E-state index contributed by atoms with van der Waals surface area (Å²) >= 11 is 0. The Morgan fingerprint density at radius 1 is 1.23 bits per heavy atom. The fraction of sp³-hybridized carbons (Fsp3) is 0.529. The number of esters is 1. The van der Waals surface area contributed by atoms with Crippen LogP contribution in [-0.2, 0) is 19.1 Å². The number of rotatable bonds is 3. The van der Waals surface area contributed by atoms with Gasteiger partial charge in [-0.25, -0.2) is 9.18 Å². The van der Waals surface area contributed by atoms with E-state index in [1.54, 1.807) is 6.92 Å². The Labute approximate surface area is 147 Å². The van der Waals surface area contributed by atoms with E-state index in [4.69, 9.17) is 4.74 Å². The first-order valence-corrected chi connectivity index (χ1v) is 7.95. The molecule has 0 saturated carbocycles. The molecule has 3 atom stereocenters. The van der Waals surface area contributed by atoms with E-state index < -0.39 is 36.5 Å². The molecule has 1 aliphatic heterocycles. The molecule has 26 heavy (non-hydrogen) atoms. The summed E-state index contributed by atoms with van der Waals surface area (Å²) in [7, 11) is 1.51. The Morgan fingerprint density at radius 3 is 2.38 bits per heavy atom. The van der Waals surface area contributed by atoms with Crippen molar-refractivity contribution in [1.29, 1.82) is 0 Å². The van der Waals surface area contributed by atoms with Crippen LogP contribution in [0.4, 0.5) is 17.6 Å². The average molecular weight is 377 g/mol. The summed E-state index contributed by atoms with van der Waals surface area (Å²) in [6, 6.07) is 4.70. The van der Waals surface area contributed by atoms with Gasteiger partial charge in [-0.1, -0.05) is 19.1 Å². The van der Waals surface area contributed by atoms with Gasteiger partial charge in [0.15, 0.2) is 6.61 Å². The van der Waals surface area contributed by atoms with Crippen molar-refractivity contribution in [2.24, 2.45) is 5.92 Å². The minimum absolute atomic E-state index is 0.0977. The van der Waals surface area contributed by atoms with Gasteiger partial charge in [0.05, 0.1) is 12.1 Å². The second-order valence-electron chi connectivity index (χ2n) is 6.20. The molecule has 0 bridgehead atoms. The van der Waals surface area contributed by atoms with Crippen LogP contribution in [-0.4, -0.2) is 49.3 Å². The number of methoxy groups -OCH3 is 1. The Bertz CT molecular complexity index is 647. The van der Waals surface area contributed by atoms with Crippen molar-refractivity contribution in [3.05, 3.63) is 35.6 Å². The Balaban J connectivity index is 2.22. The lowest BCUT2D eigenvalue weighted by atomic mass is 9.87. The monoisotopic (exact) mass is 377 g/mol. The summed E-state index contributed by atoms with van der Waals surface area (Å²) in [6.07, 6.45) is -4.62. The molecule has 1 fully saturated rings. The molecule has 1 heterocycles. The van der Waals surface area contributed by atoms with Crippen molar-refractivity contribution in [3.8, 4) is 0 Å². The van der Waals surface area contributed by atoms with E-state index in [9.17, 15) is 27.2 Å². The number of carbonyl (C=O) groups is 2. The zero-order valence-corrected chi connectivity index (χ0v) is 14.3. The second-order valence-corrected chi connectivity index (χ2v) is 6.20. The maximum Gasteiger partial charge on any atom is 0.422 e. The smallest absolute Gasteiger partial charge is 0.422 e. The normalized spacial score (nSPS) is 23.6. The Hall–Kier alpha value is -2.16. The Kier molecular flexibility index (Phi) is 6.22. The van der Waals surface area contributed by atoms with Gasteiger partial charge in [0.1, 0.15) is 5.82 Å². The number of halogens is 4. The highest BCUT2D eigenvalue weighted by atomic mass is 19.4. The lowest BCUT2D eigenvalue weighted by molar-refractivity contribution is -0.190. The van der Waals surface area contributed by atoms with Crippen LogP contribution in [0, 0.1) is 11.7 Å². The van der Waals surface area contributed by atoms with Crippen LogP contribution in [0.15, 0.2) is 24.3 Å². The third kappa shape index (κ3) is 4.94. The summed E-state index contributed by atoms with van der Waals surface area (Å²) in [5.41, 5.74) is 0.553. The molecule has 1 aromatic rings. The molecule has 1 amide bonds. The van der Waals surface area contributed by atoms with E-state index in [0.717, 1.165) is 4.90 Å². The number of carbonyl (C=O) groups excluding carboxylic acids is 2. The van der Waals surface area contributed by atoms with Crippen LogP contribution in [0.25, 0.3) is 0 Å². The van der Waals surface area contributed by atoms with Crippen LogP contribution < -0.4 is 0 Å². The van der Waals surface area contributed by atoms with Crippen molar-refractivity contribution in [3.63, 3.8) is 0 Å². The van der Waals surface area contributed by atoms with Crippen molar-refractivity contribution < 1.29 is 36.6 Å². The van der Waals surface area contributed by atoms with Gasteiger partial charge in [0.2, 0.25) is 0 Å². The van der Waals surface area contributed by atoms with Crippen molar-refractivity contribution in [2.45, 2.75) is 31.7 Å². The first kappa shape index (κ1) is 20.2. The minimum Gasteiger partial charge on any atom is -0.449 e. The molecule has 9 heteroatoms. The molecule has 0 aliphatic carbocycles. The van der Waals surface area contributed by atoms with Crippen molar-refractivity contribution in [2.75, 3.05) is 20.3 Å². The van der Waals surface area contributed by atoms with E-state index in [-0.39, 0.29) is 18.6 Å². The lowest BCUT2D eigenvalue weighted by Gasteiger charge is -2.42. The number of hydrogen-bond donors (Lipinski definition) is 0. The maximum absolute atomic E-state index is 13.2. The van der Waals surface area contributed by atoms with Crippen LogP contribution >= 0.6 is 0 Å². The van der Waals surface area contributed by atoms with Crippen LogP contribution in [0.2, 0.25) is 0 Å². The molecule has 0 aromatic heterocycles. The van der Waals surface area contributed by atoms with Crippen LogP contribution in [0.3, 0.4) is 0 Å². The van der Waals surface area contributed by atoms with Crippen molar-refractivity contribution >= 4 is 11.9 Å². The fourth-order valence-corrected chi connectivity index (χ4v) is 3.01. The molecule has 0 unspecified atom stereocenters. The van der Waals surface area contributed by atoms with Gasteiger partial charge in [-0.2, -0.15) is 13.2 Å². The van der Waals surface area contributed by atoms with Gasteiger partial charge < -0.3 is 14.4 Å². The molecule has 1 aliphatic rings. The van der Waals surface area contributed by atoms with Gasteiger partial charge in [-0.05, 0) is 24.1 Å². The molecule has 0 spiro atoms. The SMILES string of the molecule is CO[C@@H]1C[C@@H](c2ccc(F)cc2)N(C(=O)C(=O)OCC(F)(F)F)C[C@@H]1C. The van der Waals surface area contributed by atoms with E-state index in [0.29, 0.717) is 12.0 Å².